The van der Waals surface area contributed by atoms with E-state index < -0.39 is 5.97 Å². The first-order chi connectivity index (χ1) is 8.17. The highest BCUT2D eigenvalue weighted by Gasteiger charge is 2.11. The number of phenols is 1. The second-order valence-corrected chi connectivity index (χ2v) is 3.26. The van der Waals surface area contributed by atoms with Gasteiger partial charge in [-0.05, 0) is 31.2 Å². The number of nitrogens with zero attached hydrogens (tertiary/aromatic N) is 1. The van der Waals surface area contributed by atoms with Crippen LogP contribution >= 0.6 is 0 Å². The van der Waals surface area contributed by atoms with Crippen LogP contribution in [0.3, 0.4) is 0 Å². The van der Waals surface area contributed by atoms with Crippen molar-refractivity contribution in [3.63, 3.8) is 0 Å². The number of rotatable bonds is 5. The SMILES string of the molecule is CCON=C(CC(=O)OC)c1ccc(O)cc1. The molecule has 0 fully saturated rings. The molecule has 0 heterocycles. The van der Waals surface area contributed by atoms with E-state index in [1.807, 2.05) is 0 Å². The minimum atomic E-state index is -0.392. The van der Waals surface area contributed by atoms with Gasteiger partial charge in [-0.25, -0.2) is 0 Å². The van der Waals surface area contributed by atoms with Crippen LogP contribution in [0.4, 0.5) is 0 Å². The van der Waals surface area contributed by atoms with Gasteiger partial charge in [-0.3, -0.25) is 4.79 Å². The van der Waals surface area contributed by atoms with E-state index in [-0.39, 0.29) is 12.2 Å². The van der Waals surface area contributed by atoms with E-state index in [0.29, 0.717) is 17.9 Å². The molecule has 0 aromatic heterocycles. The fourth-order valence-corrected chi connectivity index (χ4v) is 1.19. The van der Waals surface area contributed by atoms with Crippen LogP contribution in [0.5, 0.6) is 5.75 Å². The van der Waals surface area contributed by atoms with Gasteiger partial charge in [-0.15, -0.1) is 0 Å². The molecule has 0 spiro atoms. The van der Waals surface area contributed by atoms with Gasteiger partial charge in [-0.1, -0.05) is 5.16 Å². The molecule has 0 aliphatic heterocycles. The zero-order chi connectivity index (χ0) is 12.7. The number of esters is 1. The molecule has 17 heavy (non-hydrogen) atoms. The van der Waals surface area contributed by atoms with Gasteiger partial charge < -0.3 is 14.7 Å². The number of hydrogen-bond donors (Lipinski definition) is 1. The van der Waals surface area contributed by atoms with Gasteiger partial charge in [0.15, 0.2) is 0 Å². The molecule has 92 valence electrons. The van der Waals surface area contributed by atoms with Crippen molar-refractivity contribution in [1.29, 1.82) is 0 Å². The normalized spacial score (nSPS) is 11.1. The monoisotopic (exact) mass is 237 g/mol. The Bertz CT molecular complexity index is 397. The molecule has 1 rings (SSSR count). The van der Waals surface area contributed by atoms with Gasteiger partial charge in [0.05, 0.1) is 19.2 Å². The summed E-state index contributed by atoms with van der Waals surface area (Å²) < 4.78 is 4.58. The minimum absolute atomic E-state index is 0.0290. The fourth-order valence-electron chi connectivity index (χ4n) is 1.19. The van der Waals surface area contributed by atoms with Gasteiger partial charge in [0.25, 0.3) is 0 Å². The summed E-state index contributed by atoms with van der Waals surface area (Å²) in [7, 11) is 1.32. The van der Waals surface area contributed by atoms with E-state index in [4.69, 9.17) is 4.84 Å². The molecule has 0 aliphatic carbocycles. The lowest BCUT2D eigenvalue weighted by Gasteiger charge is -2.05. The van der Waals surface area contributed by atoms with E-state index in [1.165, 1.54) is 19.2 Å². The van der Waals surface area contributed by atoms with Crippen molar-refractivity contribution in [2.45, 2.75) is 13.3 Å². The van der Waals surface area contributed by atoms with Crippen LogP contribution in [0.1, 0.15) is 18.9 Å². The molecule has 0 atom stereocenters. The Kier molecular flexibility index (Phi) is 5.00. The molecule has 0 saturated carbocycles. The number of hydrogen-bond acceptors (Lipinski definition) is 5. The van der Waals surface area contributed by atoms with Crippen molar-refractivity contribution >= 4 is 11.7 Å². The van der Waals surface area contributed by atoms with Crippen LogP contribution in [0.25, 0.3) is 0 Å². The number of carbonyl (C=O) groups excluding carboxylic acids is 1. The second-order valence-electron chi connectivity index (χ2n) is 3.26. The van der Waals surface area contributed by atoms with Crippen molar-refractivity contribution in [1.82, 2.24) is 0 Å². The van der Waals surface area contributed by atoms with Gasteiger partial charge in [-0.2, -0.15) is 0 Å². The molecule has 0 radical (unpaired) electrons. The maximum Gasteiger partial charge on any atom is 0.311 e. The maximum atomic E-state index is 11.2. The Morgan fingerprint density at radius 1 is 1.35 bits per heavy atom. The first-order valence-electron chi connectivity index (χ1n) is 5.22. The van der Waals surface area contributed by atoms with Gasteiger partial charge >= 0.3 is 5.97 Å². The summed E-state index contributed by atoms with van der Waals surface area (Å²) in [5.74, 6) is -0.237. The summed E-state index contributed by atoms with van der Waals surface area (Å²) in [4.78, 5) is 16.2. The number of aromatic hydroxyl groups is 1. The zero-order valence-electron chi connectivity index (χ0n) is 9.84. The van der Waals surface area contributed by atoms with Gasteiger partial charge in [0, 0.05) is 5.56 Å². The highest BCUT2D eigenvalue weighted by molar-refractivity contribution is 6.09. The van der Waals surface area contributed by atoms with E-state index in [0.717, 1.165) is 0 Å². The Hall–Kier alpha value is -2.04. The first kappa shape index (κ1) is 13.0. The first-order valence-corrected chi connectivity index (χ1v) is 5.22. The quantitative estimate of drug-likeness (QED) is 0.480. The van der Waals surface area contributed by atoms with Crippen LogP contribution in [-0.4, -0.2) is 30.5 Å². The summed E-state index contributed by atoms with van der Waals surface area (Å²) in [5, 5.41) is 13.0. The molecular weight excluding hydrogens is 222 g/mol. The Morgan fingerprint density at radius 3 is 2.53 bits per heavy atom. The van der Waals surface area contributed by atoms with E-state index in [9.17, 15) is 9.90 Å². The largest absolute Gasteiger partial charge is 0.508 e. The molecule has 0 amide bonds. The molecule has 0 bridgehead atoms. The molecule has 1 aromatic rings. The fraction of sp³-hybridized carbons (Fsp3) is 0.333. The lowest BCUT2D eigenvalue weighted by atomic mass is 10.1. The summed E-state index contributed by atoms with van der Waals surface area (Å²) in [6.07, 6.45) is 0.0290. The molecule has 1 aromatic carbocycles. The molecule has 0 unspecified atom stereocenters. The third-order valence-corrected chi connectivity index (χ3v) is 2.04. The average molecular weight is 237 g/mol. The van der Waals surface area contributed by atoms with Gasteiger partial charge in [0.2, 0.25) is 0 Å². The highest BCUT2D eigenvalue weighted by Crippen LogP contribution is 2.12. The Morgan fingerprint density at radius 2 is 2.00 bits per heavy atom. The van der Waals surface area contributed by atoms with Crippen molar-refractivity contribution in [3.05, 3.63) is 29.8 Å². The summed E-state index contributed by atoms with van der Waals surface area (Å²) in [6.45, 7) is 2.22. The zero-order valence-corrected chi connectivity index (χ0v) is 9.84. The Labute approximate surface area is 99.7 Å². The van der Waals surface area contributed by atoms with Crippen LogP contribution in [0, 0.1) is 0 Å². The third kappa shape index (κ3) is 4.14. The number of benzene rings is 1. The summed E-state index contributed by atoms with van der Waals surface area (Å²) in [5.41, 5.74) is 1.18. The lowest BCUT2D eigenvalue weighted by Crippen LogP contribution is -2.11. The van der Waals surface area contributed by atoms with E-state index in [2.05, 4.69) is 9.89 Å². The van der Waals surface area contributed by atoms with Crippen molar-refractivity contribution in [3.8, 4) is 5.75 Å². The standard InChI is InChI=1S/C12H15NO4/c1-3-17-13-11(8-12(15)16-2)9-4-6-10(14)7-5-9/h4-7,14H,3,8H2,1-2H3. The van der Waals surface area contributed by atoms with Gasteiger partial charge in [0.1, 0.15) is 12.4 Å². The van der Waals surface area contributed by atoms with Crippen molar-refractivity contribution in [2.75, 3.05) is 13.7 Å². The van der Waals surface area contributed by atoms with E-state index >= 15 is 0 Å². The number of ether oxygens (including phenoxy) is 1. The smallest absolute Gasteiger partial charge is 0.311 e. The number of methoxy groups -OCH3 is 1. The number of oxime groups is 1. The molecule has 0 aliphatic rings. The molecule has 1 N–H and O–H groups in total. The van der Waals surface area contributed by atoms with Crippen molar-refractivity contribution < 1.29 is 19.5 Å². The van der Waals surface area contributed by atoms with Crippen LogP contribution in [0.2, 0.25) is 0 Å². The summed E-state index contributed by atoms with van der Waals surface area (Å²) >= 11 is 0. The number of phenolic OH excluding ortho intramolecular Hbond substituents is 1. The Balaban J connectivity index is 2.89. The number of carbonyl (C=O) groups is 1. The summed E-state index contributed by atoms with van der Waals surface area (Å²) in [6, 6.07) is 6.37. The molecule has 5 nitrogen and oxygen atoms in total. The van der Waals surface area contributed by atoms with Crippen LogP contribution in [0.15, 0.2) is 29.4 Å². The van der Waals surface area contributed by atoms with E-state index in [1.54, 1.807) is 19.1 Å². The lowest BCUT2D eigenvalue weighted by molar-refractivity contribution is -0.139. The maximum absolute atomic E-state index is 11.2. The minimum Gasteiger partial charge on any atom is -0.508 e. The third-order valence-electron chi connectivity index (χ3n) is 2.04. The van der Waals surface area contributed by atoms with Crippen LogP contribution < -0.4 is 0 Å². The highest BCUT2D eigenvalue weighted by atomic mass is 16.6. The molecule has 5 heteroatoms. The predicted octanol–water partition coefficient (Wildman–Crippen LogP) is 1.70. The topological polar surface area (TPSA) is 68.1 Å². The van der Waals surface area contributed by atoms with Crippen molar-refractivity contribution in [2.24, 2.45) is 5.16 Å². The average Bonchev–Trinajstić information content (AvgIpc) is 2.35. The van der Waals surface area contributed by atoms with Crippen LogP contribution in [-0.2, 0) is 14.4 Å². The predicted molar refractivity (Wildman–Crippen MR) is 62.9 cm³/mol. The second kappa shape index (κ2) is 6.52. The molecule has 0 saturated heterocycles. The molecular formula is C12H15NO4.